The molecule has 0 bridgehead atoms. The fourth-order valence-corrected chi connectivity index (χ4v) is 2.37. The average Bonchev–Trinajstić information content (AvgIpc) is 2.86. The first-order chi connectivity index (χ1) is 9.29. The normalized spacial score (nSPS) is 13.2. The second-order valence-corrected chi connectivity index (χ2v) is 4.83. The summed E-state index contributed by atoms with van der Waals surface area (Å²) < 4.78 is 37.8. The SMILES string of the molecule is NC(C(=O)O)c1csc(-c2cccc(C(F)(F)F)c2)n1. The summed E-state index contributed by atoms with van der Waals surface area (Å²) in [5.41, 5.74) is 5.00. The third kappa shape index (κ3) is 2.97. The molecule has 0 saturated heterocycles. The minimum absolute atomic E-state index is 0.120. The van der Waals surface area contributed by atoms with Gasteiger partial charge in [0.2, 0.25) is 0 Å². The monoisotopic (exact) mass is 302 g/mol. The Bertz CT molecular complexity index is 640. The van der Waals surface area contributed by atoms with Gasteiger partial charge in [-0.15, -0.1) is 11.3 Å². The highest BCUT2D eigenvalue weighted by Gasteiger charge is 2.30. The van der Waals surface area contributed by atoms with E-state index in [0.717, 1.165) is 23.5 Å². The maximum absolute atomic E-state index is 12.6. The molecule has 0 radical (unpaired) electrons. The fraction of sp³-hybridized carbons (Fsp3) is 0.167. The van der Waals surface area contributed by atoms with Crippen molar-refractivity contribution in [3.8, 4) is 10.6 Å². The molecular formula is C12H9F3N2O2S. The van der Waals surface area contributed by atoms with Crippen LogP contribution in [0.2, 0.25) is 0 Å². The van der Waals surface area contributed by atoms with Crippen molar-refractivity contribution in [2.45, 2.75) is 12.2 Å². The smallest absolute Gasteiger partial charge is 0.416 e. The van der Waals surface area contributed by atoms with Crippen molar-refractivity contribution in [2.24, 2.45) is 5.73 Å². The van der Waals surface area contributed by atoms with Crippen LogP contribution in [0.25, 0.3) is 10.6 Å². The van der Waals surface area contributed by atoms with Gasteiger partial charge in [-0.3, -0.25) is 4.79 Å². The van der Waals surface area contributed by atoms with E-state index in [4.69, 9.17) is 10.8 Å². The molecule has 1 atom stereocenters. The number of halogens is 3. The molecule has 20 heavy (non-hydrogen) atoms. The summed E-state index contributed by atoms with van der Waals surface area (Å²) >= 11 is 1.05. The van der Waals surface area contributed by atoms with Crippen LogP contribution in [-0.2, 0) is 11.0 Å². The first-order valence-electron chi connectivity index (χ1n) is 5.40. The molecule has 0 spiro atoms. The van der Waals surface area contributed by atoms with Crippen LogP contribution >= 0.6 is 11.3 Å². The number of nitrogens with zero attached hydrogens (tertiary/aromatic N) is 1. The molecular weight excluding hydrogens is 293 g/mol. The number of benzene rings is 1. The number of hydrogen-bond acceptors (Lipinski definition) is 4. The summed E-state index contributed by atoms with van der Waals surface area (Å²) in [7, 11) is 0. The van der Waals surface area contributed by atoms with E-state index in [0.29, 0.717) is 5.01 Å². The van der Waals surface area contributed by atoms with Gasteiger partial charge in [-0.2, -0.15) is 13.2 Å². The lowest BCUT2D eigenvalue weighted by Crippen LogP contribution is -2.20. The topological polar surface area (TPSA) is 76.2 Å². The number of aromatic nitrogens is 1. The first kappa shape index (κ1) is 14.5. The molecule has 1 unspecified atom stereocenters. The number of thiazole rings is 1. The van der Waals surface area contributed by atoms with Crippen LogP contribution in [0.4, 0.5) is 13.2 Å². The van der Waals surface area contributed by atoms with Gasteiger partial charge >= 0.3 is 12.1 Å². The van der Waals surface area contributed by atoms with E-state index in [2.05, 4.69) is 4.98 Å². The summed E-state index contributed by atoms with van der Waals surface area (Å²) in [5.74, 6) is -1.24. The molecule has 8 heteroatoms. The number of carboxylic acids is 1. The lowest BCUT2D eigenvalue weighted by atomic mass is 10.1. The summed E-state index contributed by atoms with van der Waals surface area (Å²) in [6.45, 7) is 0. The van der Waals surface area contributed by atoms with Crippen molar-refractivity contribution in [3.63, 3.8) is 0 Å². The Labute approximate surface area is 115 Å². The van der Waals surface area contributed by atoms with E-state index in [1.165, 1.54) is 17.5 Å². The number of rotatable bonds is 3. The zero-order valence-electron chi connectivity index (χ0n) is 9.89. The molecule has 0 fully saturated rings. The van der Waals surface area contributed by atoms with Gasteiger partial charge in [-0.25, -0.2) is 4.98 Å². The zero-order valence-corrected chi connectivity index (χ0v) is 10.7. The third-order valence-electron chi connectivity index (χ3n) is 2.54. The Morgan fingerprint density at radius 1 is 1.40 bits per heavy atom. The van der Waals surface area contributed by atoms with E-state index in [1.807, 2.05) is 0 Å². The minimum Gasteiger partial charge on any atom is -0.480 e. The molecule has 0 aliphatic carbocycles. The highest BCUT2D eigenvalue weighted by molar-refractivity contribution is 7.13. The quantitative estimate of drug-likeness (QED) is 0.914. The number of nitrogens with two attached hydrogens (primary N) is 1. The van der Waals surface area contributed by atoms with Crippen LogP contribution < -0.4 is 5.73 Å². The van der Waals surface area contributed by atoms with Gasteiger partial charge in [0.05, 0.1) is 11.3 Å². The molecule has 3 N–H and O–H groups in total. The number of carbonyl (C=O) groups is 1. The molecule has 1 heterocycles. The second-order valence-electron chi connectivity index (χ2n) is 3.97. The highest BCUT2D eigenvalue weighted by Crippen LogP contribution is 2.33. The molecule has 0 amide bonds. The second kappa shape index (κ2) is 5.22. The predicted molar refractivity (Wildman–Crippen MR) is 67.1 cm³/mol. The van der Waals surface area contributed by atoms with Crippen molar-refractivity contribution in [1.82, 2.24) is 4.98 Å². The molecule has 2 rings (SSSR count). The van der Waals surface area contributed by atoms with E-state index >= 15 is 0 Å². The molecule has 0 aliphatic heterocycles. The van der Waals surface area contributed by atoms with Gasteiger partial charge in [0.15, 0.2) is 0 Å². The molecule has 106 valence electrons. The van der Waals surface area contributed by atoms with Crippen molar-refractivity contribution in [3.05, 3.63) is 40.9 Å². The van der Waals surface area contributed by atoms with Crippen molar-refractivity contribution >= 4 is 17.3 Å². The molecule has 1 aromatic heterocycles. The molecule has 2 aromatic rings. The van der Waals surface area contributed by atoms with Crippen LogP contribution in [0.3, 0.4) is 0 Å². The molecule has 4 nitrogen and oxygen atoms in total. The summed E-state index contributed by atoms with van der Waals surface area (Å²) in [5, 5.41) is 10.5. The third-order valence-corrected chi connectivity index (χ3v) is 3.45. The summed E-state index contributed by atoms with van der Waals surface area (Å²) in [6, 6.07) is 3.39. The van der Waals surface area contributed by atoms with E-state index in [9.17, 15) is 18.0 Å². The van der Waals surface area contributed by atoms with E-state index in [-0.39, 0.29) is 11.3 Å². The van der Waals surface area contributed by atoms with E-state index < -0.39 is 23.8 Å². The van der Waals surface area contributed by atoms with Gasteiger partial charge in [-0.1, -0.05) is 12.1 Å². The van der Waals surface area contributed by atoms with Crippen LogP contribution in [0, 0.1) is 0 Å². The van der Waals surface area contributed by atoms with Crippen LogP contribution in [-0.4, -0.2) is 16.1 Å². The molecule has 0 aliphatic rings. The maximum Gasteiger partial charge on any atom is 0.416 e. The Hall–Kier alpha value is -1.93. The maximum atomic E-state index is 12.6. The molecule has 1 aromatic carbocycles. The predicted octanol–water partition coefficient (Wildman–Crippen LogP) is 2.91. The lowest BCUT2D eigenvalue weighted by Gasteiger charge is -2.07. The van der Waals surface area contributed by atoms with Crippen molar-refractivity contribution in [2.75, 3.05) is 0 Å². The highest BCUT2D eigenvalue weighted by atomic mass is 32.1. The average molecular weight is 302 g/mol. The summed E-state index contributed by atoms with van der Waals surface area (Å²) in [4.78, 5) is 14.7. The Kier molecular flexibility index (Phi) is 3.78. The van der Waals surface area contributed by atoms with Gasteiger partial charge in [0, 0.05) is 10.9 Å². The Morgan fingerprint density at radius 3 is 2.70 bits per heavy atom. The van der Waals surface area contributed by atoms with Crippen molar-refractivity contribution in [1.29, 1.82) is 0 Å². The fourth-order valence-electron chi connectivity index (χ4n) is 1.52. The molecule has 0 saturated carbocycles. The summed E-state index contributed by atoms with van der Waals surface area (Å²) in [6.07, 6.45) is -4.44. The van der Waals surface area contributed by atoms with Gasteiger partial charge in [-0.05, 0) is 12.1 Å². The van der Waals surface area contributed by atoms with Gasteiger partial charge in [0.25, 0.3) is 0 Å². The van der Waals surface area contributed by atoms with Crippen LogP contribution in [0.15, 0.2) is 29.6 Å². The van der Waals surface area contributed by atoms with Crippen LogP contribution in [0.5, 0.6) is 0 Å². The number of aliphatic carboxylic acids is 1. The minimum atomic E-state index is -4.44. The lowest BCUT2D eigenvalue weighted by molar-refractivity contribution is -0.139. The first-order valence-corrected chi connectivity index (χ1v) is 6.28. The number of hydrogen-bond donors (Lipinski definition) is 2. The van der Waals surface area contributed by atoms with E-state index in [1.54, 1.807) is 0 Å². The van der Waals surface area contributed by atoms with Gasteiger partial charge in [0.1, 0.15) is 11.0 Å². The Balaban J connectivity index is 2.36. The van der Waals surface area contributed by atoms with Gasteiger partial charge < -0.3 is 10.8 Å². The number of carboxylic acid groups (broad SMARTS) is 1. The Morgan fingerprint density at radius 2 is 2.10 bits per heavy atom. The van der Waals surface area contributed by atoms with Crippen LogP contribution in [0.1, 0.15) is 17.3 Å². The number of alkyl halides is 3. The van der Waals surface area contributed by atoms with Crippen molar-refractivity contribution < 1.29 is 23.1 Å². The standard InChI is InChI=1S/C12H9F3N2O2S/c13-12(14,15)7-3-1-2-6(4-7)10-17-8(5-20-10)9(16)11(18)19/h1-5,9H,16H2,(H,18,19). The largest absolute Gasteiger partial charge is 0.480 e. The zero-order chi connectivity index (χ0) is 14.9.